The number of rotatable bonds is 3. The van der Waals surface area contributed by atoms with Gasteiger partial charge < -0.3 is 5.32 Å². The van der Waals surface area contributed by atoms with E-state index in [1.54, 1.807) is 0 Å². The second-order valence-electron chi connectivity index (χ2n) is 4.37. The number of carbonyl (C=O) groups is 1. The van der Waals surface area contributed by atoms with Gasteiger partial charge in [0.2, 0.25) is 0 Å². The molecule has 2 aromatic carbocycles. The summed E-state index contributed by atoms with van der Waals surface area (Å²) in [7, 11) is 0. The number of nitro groups is 1. The molecule has 0 bridgehead atoms. The van der Waals surface area contributed by atoms with Gasteiger partial charge in [0, 0.05) is 17.8 Å². The lowest BCUT2D eigenvalue weighted by atomic mass is 10.3. The number of non-ortho nitro benzene ring substituents is 1. The van der Waals surface area contributed by atoms with E-state index >= 15 is 0 Å². The molecule has 0 aliphatic heterocycles. The molecule has 1 aromatic heterocycles. The maximum atomic E-state index is 11.9. The van der Waals surface area contributed by atoms with Crippen LogP contribution in [0.1, 0.15) is 0 Å². The molecule has 3 rings (SSSR count). The number of thiazole rings is 1. The highest BCUT2D eigenvalue weighted by Gasteiger charge is 2.09. The van der Waals surface area contributed by atoms with Crippen LogP contribution in [0.3, 0.4) is 0 Å². The molecule has 0 spiro atoms. The molecule has 22 heavy (non-hydrogen) atoms. The summed E-state index contributed by atoms with van der Waals surface area (Å²) in [4.78, 5) is 26.2. The van der Waals surface area contributed by atoms with E-state index in [0.29, 0.717) is 10.8 Å². The Balaban J connectivity index is 1.68. The number of fused-ring (bicyclic) bond motifs is 1. The van der Waals surface area contributed by atoms with Gasteiger partial charge in [-0.1, -0.05) is 23.5 Å². The van der Waals surface area contributed by atoms with Gasteiger partial charge in [0.05, 0.1) is 15.1 Å². The molecule has 0 aliphatic carbocycles. The third kappa shape index (κ3) is 3.01. The molecule has 7 nitrogen and oxygen atoms in total. The highest BCUT2D eigenvalue weighted by molar-refractivity contribution is 7.22. The van der Waals surface area contributed by atoms with Crippen molar-refractivity contribution >= 4 is 44.1 Å². The van der Waals surface area contributed by atoms with Crippen molar-refractivity contribution in [2.24, 2.45) is 0 Å². The molecule has 2 amide bonds. The molecule has 0 saturated heterocycles. The topological polar surface area (TPSA) is 97.2 Å². The van der Waals surface area contributed by atoms with E-state index in [2.05, 4.69) is 15.6 Å². The molecule has 2 N–H and O–H groups in total. The van der Waals surface area contributed by atoms with Crippen molar-refractivity contribution in [2.45, 2.75) is 0 Å². The van der Waals surface area contributed by atoms with Crippen LogP contribution in [-0.4, -0.2) is 15.9 Å². The van der Waals surface area contributed by atoms with Gasteiger partial charge in [-0.05, 0) is 24.3 Å². The van der Waals surface area contributed by atoms with Crippen LogP contribution in [0.25, 0.3) is 10.2 Å². The largest absolute Gasteiger partial charge is 0.325 e. The first-order chi connectivity index (χ1) is 10.6. The van der Waals surface area contributed by atoms with E-state index < -0.39 is 11.0 Å². The maximum absolute atomic E-state index is 11.9. The number of carbonyl (C=O) groups excluding carboxylic acids is 1. The van der Waals surface area contributed by atoms with E-state index in [0.717, 1.165) is 10.2 Å². The van der Waals surface area contributed by atoms with Crippen molar-refractivity contribution in [3.63, 3.8) is 0 Å². The number of hydrogen-bond donors (Lipinski definition) is 2. The molecule has 0 unspecified atom stereocenters. The first-order valence-corrected chi connectivity index (χ1v) is 7.11. The second kappa shape index (κ2) is 5.78. The SMILES string of the molecule is O=C(Nc1ccc([N+](=O)[O-])cc1)Nc1nc2ccccc2s1. The monoisotopic (exact) mass is 314 g/mol. The first kappa shape index (κ1) is 14.0. The summed E-state index contributed by atoms with van der Waals surface area (Å²) in [5, 5.41) is 16.3. The van der Waals surface area contributed by atoms with Gasteiger partial charge in [-0.2, -0.15) is 0 Å². The van der Waals surface area contributed by atoms with Crippen molar-refractivity contribution in [2.75, 3.05) is 10.6 Å². The van der Waals surface area contributed by atoms with Gasteiger partial charge in [-0.15, -0.1) is 0 Å². The first-order valence-electron chi connectivity index (χ1n) is 6.30. The van der Waals surface area contributed by atoms with E-state index in [-0.39, 0.29) is 5.69 Å². The van der Waals surface area contributed by atoms with Crippen LogP contribution in [0.5, 0.6) is 0 Å². The minimum Gasteiger partial charge on any atom is -0.308 e. The quantitative estimate of drug-likeness (QED) is 0.567. The molecule has 0 saturated carbocycles. The summed E-state index contributed by atoms with van der Waals surface area (Å²) < 4.78 is 0.980. The Bertz CT molecular complexity index is 812. The van der Waals surface area contributed by atoms with Crippen LogP contribution in [0, 0.1) is 10.1 Å². The summed E-state index contributed by atoms with van der Waals surface area (Å²) in [6.07, 6.45) is 0. The highest BCUT2D eigenvalue weighted by Crippen LogP contribution is 2.25. The van der Waals surface area contributed by atoms with E-state index in [9.17, 15) is 14.9 Å². The molecule has 0 radical (unpaired) electrons. The summed E-state index contributed by atoms with van der Waals surface area (Å²) >= 11 is 1.37. The van der Waals surface area contributed by atoms with Crippen LogP contribution < -0.4 is 10.6 Å². The molecule has 110 valence electrons. The minimum atomic E-state index is -0.495. The molecule has 0 fully saturated rings. The van der Waals surface area contributed by atoms with E-state index in [1.165, 1.54) is 35.6 Å². The predicted molar refractivity (Wildman–Crippen MR) is 85.4 cm³/mol. The zero-order chi connectivity index (χ0) is 15.5. The number of amides is 2. The lowest BCUT2D eigenvalue weighted by molar-refractivity contribution is -0.384. The molecule has 0 atom stereocenters. The number of aromatic nitrogens is 1. The third-order valence-corrected chi connectivity index (χ3v) is 3.80. The third-order valence-electron chi connectivity index (χ3n) is 2.85. The Morgan fingerprint density at radius 2 is 1.82 bits per heavy atom. The van der Waals surface area contributed by atoms with Crippen molar-refractivity contribution in [1.82, 2.24) is 4.98 Å². The van der Waals surface area contributed by atoms with Gasteiger partial charge in [-0.3, -0.25) is 15.4 Å². The van der Waals surface area contributed by atoms with Crippen LogP contribution in [0.4, 0.5) is 21.3 Å². The molecular weight excluding hydrogens is 304 g/mol. The predicted octanol–water partition coefficient (Wildman–Crippen LogP) is 3.85. The average Bonchev–Trinajstić information content (AvgIpc) is 2.89. The van der Waals surface area contributed by atoms with Crippen molar-refractivity contribution in [3.05, 3.63) is 58.6 Å². The number of urea groups is 1. The fourth-order valence-corrected chi connectivity index (χ4v) is 2.71. The number of nitrogens with one attached hydrogen (secondary N) is 2. The fraction of sp³-hybridized carbons (Fsp3) is 0. The molecule has 0 aliphatic rings. The fourth-order valence-electron chi connectivity index (χ4n) is 1.85. The normalized spacial score (nSPS) is 10.4. The summed E-state index contributed by atoms with van der Waals surface area (Å²) in [6.45, 7) is 0. The van der Waals surface area contributed by atoms with Gasteiger partial charge in [-0.25, -0.2) is 9.78 Å². The van der Waals surface area contributed by atoms with Gasteiger partial charge >= 0.3 is 6.03 Å². The Morgan fingerprint density at radius 3 is 2.50 bits per heavy atom. The van der Waals surface area contributed by atoms with Crippen molar-refractivity contribution in [1.29, 1.82) is 0 Å². The Kier molecular flexibility index (Phi) is 3.67. The molecule has 8 heteroatoms. The number of hydrogen-bond acceptors (Lipinski definition) is 5. The van der Waals surface area contributed by atoms with Gasteiger partial charge in [0.1, 0.15) is 0 Å². The number of anilines is 2. The average molecular weight is 314 g/mol. The maximum Gasteiger partial charge on any atom is 0.325 e. The smallest absolute Gasteiger partial charge is 0.308 e. The zero-order valence-corrected chi connectivity index (χ0v) is 12.0. The molecule has 1 heterocycles. The summed E-state index contributed by atoms with van der Waals surface area (Å²) in [5.41, 5.74) is 1.25. The number of para-hydroxylation sites is 1. The lowest BCUT2D eigenvalue weighted by Gasteiger charge is -2.04. The Hall–Kier alpha value is -3.00. The minimum absolute atomic E-state index is 0.0304. The van der Waals surface area contributed by atoms with Crippen molar-refractivity contribution < 1.29 is 9.72 Å². The van der Waals surface area contributed by atoms with Crippen LogP contribution in [0.2, 0.25) is 0 Å². The zero-order valence-electron chi connectivity index (χ0n) is 11.1. The van der Waals surface area contributed by atoms with Crippen LogP contribution in [0.15, 0.2) is 48.5 Å². The standard InChI is InChI=1S/C14H10N4O3S/c19-13(15-9-5-7-10(8-6-9)18(20)21)17-14-16-11-3-1-2-4-12(11)22-14/h1-8H,(H2,15,16,17,19). The van der Waals surface area contributed by atoms with Gasteiger partial charge in [0.15, 0.2) is 5.13 Å². The van der Waals surface area contributed by atoms with E-state index in [1.807, 2.05) is 24.3 Å². The molecule has 3 aromatic rings. The Morgan fingerprint density at radius 1 is 1.09 bits per heavy atom. The van der Waals surface area contributed by atoms with E-state index in [4.69, 9.17) is 0 Å². The van der Waals surface area contributed by atoms with Gasteiger partial charge in [0.25, 0.3) is 5.69 Å². The second-order valence-corrected chi connectivity index (χ2v) is 5.40. The lowest BCUT2D eigenvalue weighted by Crippen LogP contribution is -2.19. The Labute approximate surface area is 128 Å². The highest BCUT2D eigenvalue weighted by atomic mass is 32.1. The summed E-state index contributed by atoms with van der Waals surface area (Å²) in [6, 6.07) is 12.7. The molecular formula is C14H10N4O3S. The number of benzene rings is 2. The van der Waals surface area contributed by atoms with Crippen LogP contribution >= 0.6 is 11.3 Å². The van der Waals surface area contributed by atoms with Crippen molar-refractivity contribution in [3.8, 4) is 0 Å². The number of nitrogens with zero attached hydrogens (tertiary/aromatic N) is 2. The summed E-state index contributed by atoms with van der Waals surface area (Å²) in [5.74, 6) is 0. The van der Waals surface area contributed by atoms with Crippen LogP contribution in [-0.2, 0) is 0 Å². The number of nitro benzene ring substituents is 1.